The topological polar surface area (TPSA) is 39.4 Å². The van der Waals surface area contributed by atoms with Crippen molar-refractivity contribution < 1.29 is 25.8 Å². The van der Waals surface area contributed by atoms with E-state index in [2.05, 4.69) is 128 Å². The van der Waals surface area contributed by atoms with Gasteiger partial charge in [0.2, 0.25) is 0 Å². The number of ether oxygens (including phenoxy) is 1. The van der Waals surface area contributed by atoms with Crippen molar-refractivity contribution in [2.45, 2.75) is 43.9 Å². The molecule has 0 saturated heterocycles. The number of aromatic nitrogens is 2. The molecule has 7 aromatic rings. The number of rotatable bonds is 4. The molecule has 0 saturated carbocycles. The zero-order valence-electron chi connectivity index (χ0n) is 27.2. The van der Waals surface area contributed by atoms with Crippen LogP contribution in [-0.4, -0.2) is 20.6 Å². The first-order chi connectivity index (χ1) is 23.4. The number of thioether (sulfide) groups is 1. The summed E-state index contributed by atoms with van der Waals surface area (Å²) in [6.07, 6.45) is 2.86. The summed E-state index contributed by atoms with van der Waals surface area (Å²) < 4.78 is 9.10. The molecule has 3 aliphatic rings. The molecule has 0 spiro atoms. The van der Waals surface area contributed by atoms with E-state index in [1.165, 1.54) is 33.2 Å². The monoisotopic (exact) mass is 832 g/mol. The minimum atomic E-state index is -0.222. The van der Waals surface area contributed by atoms with Gasteiger partial charge in [0.1, 0.15) is 5.65 Å². The maximum atomic E-state index is 6.82. The minimum absolute atomic E-state index is 0. The molecule has 0 unspecified atom stereocenters. The van der Waals surface area contributed by atoms with E-state index in [1.807, 2.05) is 30.1 Å². The third kappa shape index (κ3) is 4.62. The summed E-state index contributed by atoms with van der Waals surface area (Å²) >= 11 is 1.86. The van der Waals surface area contributed by atoms with E-state index < -0.39 is 0 Å². The molecule has 4 heterocycles. The maximum absolute atomic E-state index is 6.82. The molecule has 6 heteroatoms. The van der Waals surface area contributed by atoms with Crippen LogP contribution in [-0.2, 0) is 32.9 Å². The van der Waals surface area contributed by atoms with Gasteiger partial charge < -0.3 is 14.3 Å². The Morgan fingerprint density at radius 2 is 1.65 bits per heavy atom. The third-order valence-electron chi connectivity index (χ3n) is 10.4. The van der Waals surface area contributed by atoms with Crippen molar-refractivity contribution >= 4 is 38.7 Å². The molecule has 1 aliphatic carbocycles. The Morgan fingerprint density at radius 1 is 0.837 bits per heavy atom. The second-order valence-electron chi connectivity index (χ2n) is 13.6. The Labute approximate surface area is 304 Å². The van der Waals surface area contributed by atoms with Gasteiger partial charge in [0.05, 0.1) is 11.6 Å². The molecule has 2 aliphatic heterocycles. The molecule has 49 heavy (non-hydrogen) atoms. The fourth-order valence-electron chi connectivity index (χ4n) is 7.99. The minimum Gasteiger partial charge on any atom is -0.503 e. The molecule has 0 fully saturated rings. The van der Waals surface area contributed by atoms with E-state index in [9.17, 15) is 0 Å². The van der Waals surface area contributed by atoms with E-state index in [4.69, 9.17) is 14.7 Å². The molecule has 240 valence electrons. The van der Waals surface area contributed by atoms with Gasteiger partial charge in [-0.3, -0.25) is 0 Å². The molecular formula is C43H31N3OPtS. The summed E-state index contributed by atoms with van der Waals surface area (Å²) in [6, 6.07) is 44.3. The van der Waals surface area contributed by atoms with E-state index in [1.54, 1.807) is 0 Å². The van der Waals surface area contributed by atoms with E-state index in [-0.39, 0.29) is 32.5 Å². The Morgan fingerprint density at radius 3 is 2.53 bits per heavy atom. The summed E-state index contributed by atoms with van der Waals surface area (Å²) in [4.78, 5) is 10.1. The van der Waals surface area contributed by atoms with Crippen LogP contribution in [0.5, 0.6) is 11.5 Å². The van der Waals surface area contributed by atoms with E-state index in [0.29, 0.717) is 16.7 Å². The van der Waals surface area contributed by atoms with Crippen LogP contribution >= 0.6 is 11.8 Å². The van der Waals surface area contributed by atoms with Crippen molar-refractivity contribution in [1.82, 2.24) is 9.55 Å². The smallest absolute Gasteiger partial charge is 0.503 e. The standard InChI is InChI=1S/C43H31N3OS.Pt/c1-25-19-35-37(46-39-32(33-16-10-18-44-41(33)46)15-9-17-34(39)43(35,2)3)24-38(25)47-30-21-28(26-11-5-4-6-12-26)20-29(22-30)42-45-36-23-27-13-7-8-14-31(27)40(36)48-42;/h4-21,36,40H,23H2,1-3H3;/q-2;+2/t36-,40+;/m1./s1. The number of aryl methyl sites for hydroxylation is 1. The van der Waals surface area contributed by atoms with Gasteiger partial charge in [-0.05, 0) is 46.2 Å². The quantitative estimate of drug-likeness (QED) is 0.166. The summed E-state index contributed by atoms with van der Waals surface area (Å²) in [7, 11) is 0. The van der Waals surface area contributed by atoms with Gasteiger partial charge in [0.15, 0.2) is 0 Å². The fraction of sp³-hybridized carbons (Fsp3) is 0.163. The molecule has 0 amide bonds. The predicted molar refractivity (Wildman–Crippen MR) is 196 cm³/mol. The number of fused-ring (bicyclic) bond motifs is 8. The van der Waals surface area contributed by atoms with Gasteiger partial charge in [-0.25, -0.2) is 4.98 Å². The van der Waals surface area contributed by atoms with Gasteiger partial charge in [-0.2, -0.15) is 6.07 Å². The Hall–Kier alpha value is -4.44. The zero-order chi connectivity index (χ0) is 32.1. The van der Waals surface area contributed by atoms with Crippen molar-refractivity contribution in [1.29, 1.82) is 0 Å². The first-order valence-electron chi connectivity index (χ1n) is 16.5. The molecule has 0 N–H and O–H groups in total. The number of pyridine rings is 1. The maximum Gasteiger partial charge on any atom is 2.00 e. The van der Waals surface area contributed by atoms with Crippen LogP contribution in [0, 0.1) is 19.1 Å². The predicted octanol–water partition coefficient (Wildman–Crippen LogP) is 10.3. The second-order valence-corrected chi connectivity index (χ2v) is 14.8. The van der Waals surface area contributed by atoms with Gasteiger partial charge in [0.25, 0.3) is 0 Å². The van der Waals surface area contributed by atoms with Gasteiger partial charge >= 0.3 is 21.1 Å². The van der Waals surface area contributed by atoms with Gasteiger partial charge in [-0.15, -0.1) is 40.6 Å². The number of para-hydroxylation sites is 1. The zero-order valence-corrected chi connectivity index (χ0v) is 30.3. The Kier molecular flexibility index (Phi) is 7.06. The van der Waals surface area contributed by atoms with Crippen molar-refractivity contribution in [3.63, 3.8) is 0 Å². The summed E-state index contributed by atoms with van der Waals surface area (Å²) in [5.41, 5.74) is 12.4. The Bertz CT molecular complexity index is 2500. The van der Waals surface area contributed by atoms with Crippen molar-refractivity contribution in [2.24, 2.45) is 4.99 Å². The average Bonchev–Trinajstić information content (AvgIpc) is 3.78. The third-order valence-corrected chi connectivity index (χ3v) is 11.8. The van der Waals surface area contributed by atoms with Crippen molar-refractivity contribution in [3.05, 3.63) is 155 Å². The molecule has 2 aromatic heterocycles. The second kappa shape index (κ2) is 11.3. The molecule has 0 radical (unpaired) electrons. The van der Waals surface area contributed by atoms with Crippen LogP contribution in [0.25, 0.3) is 38.8 Å². The SMILES string of the molecule is Cc1cc2c([c-]c1Oc1[c-]c(C3=N[C@@H]4Cc5ccccc5[C@@H]4S3)cc(-c3ccccc3)c1)-n1c3ncccc3c3cccc(c31)C2(C)C.[Pt+2]. The van der Waals surface area contributed by atoms with Crippen molar-refractivity contribution in [2.75, 3.05) is 0 Å². The molecule has 0 bridgehead atoms. The summed E-state index contributed by atoms with van der Waals surface area (Å²) in [6.45, 7) is 6.72. The van der Waals surface area contributed by atoms with Crippen LogP contribution in [0.15, 0.2) is 114 Å². The van der Waals surface area contributed by atoms with Crippen LogP contribution in [0.2, 0.25) is 0 Å². The normalized spacial score (nSPS) is 18.1. The van der Waals surface area contributed by atoms with Crippen LogP contribution in [0.3, 0.4) is 0 Å². The first kappa shape index (κ1) is 30.6. The molecule has 10 rings (SSSR count). The molecule has 4 nitrogen and oxygen atoms in total. The van der Waals surface area contributed by atoms with Gasteiger partial charge in [0, 0.05) is 38.8 Å². The van der Waals surface area contributed by atoms with Crippen LogP contribution < -0.4 is 4.74 Å². The Balaban J connectivity index is 0.00000325. The number of hydrogen-bond donors (Lipinski definition) is 0. The number of hydrogen-bond acceptors (Lipinski definition) is 4. The molecule has 5 aromatic carbocycles. The largest absolute Gasteiger partial charge is 2.00 e. The van der Waals surface area contributed by atoms with Crippen LogP contribution in [0.4, 0.5) is 0 Å². The molecular weight excluding hydrogens is 802 g/mol. The first-order valence-corrected chi connectivity index (χ1v) is 17.4. The van der Waals surface area contributed by atoms with Gasteiger partial charge in [-0.1, -0.05) is 117 Å². The fourth-order valence-corrected chi connectivity index (χ4v) is 9.34. The number of nitrogens with zero attached hydrogens (tertiary/aromatic N) is 3. The number of aliphatic imine (C=N–C) groups is 1. The van der Waals surface area contributed by atoms with Crippen molar-refractivity contribution in [3.8, 4) is 28.3 Å². The van der Waals surface area contributed by atoms with E-state index in [0.717, 1.165) is 50.4 Å². The average molecular weight is 833 g/mol. The van der Waals surface area contributed by atoms with E-state index >= 15 is 0 Å². The summed E-state index contributed by atoms with van der Waals surface area (Å²) in [5, 5.41) is 3.73. The summed E-state index contributed by atoms with van der Waals surface area (Å²) in [5.74, 6) is 1.34. The number of benzene rings is 5. The van der Waals surface area contributed by atoms with Crippen LogP contribution in [0.1, 0.15) is 52.5 Å². The molecule has 2 atom stereocenters.